The summed E-state index contributed by atoms with van der Waals surface area (Å²) in [6, 6.07) is 2.49. The Morgan fingerprint density at radius 2 is 2.18 bits per heavy atom. The van der Waals surface area contributed by atoms with Crippen molar-refractivity contribution < 1.29 is 15.0 Å². The molecule has 0 bridgehead atoms. The molecule has 0 spiro atoms. The van der Waals surface area contributed by atoms with Crippen LogP contribution in [0.4, 0.5) is 0 Å². The first kappa shape index (κ1) is 13.7. The molecule has 0 unspecified atom stereocenters. The molecule has 0 aliphatic rings. The van der Waals surface area contributed by atoms with Gasteiger partial charge in [-0.25, -0.2) is 4.79 Å². The summed E-state index contributed by atoms with van der Waals surface area (Å²) in [5, 5.41) is 18.8. The number of carboxylic acid groups (broad SMARTS) is 1. The second kappa shape index (κ2) is 5.33. The van der Waals surface area contributed by atoms with E-state index < -0.39 is 12.0 Å². The summed E-state index contributed by atoms with van der Waals surface area (Å²) in [5.74, 6) is -1.47. The molecule has 0 amide bonds. The van der Waals surface area contributed by atoms with Gasteiger partial charge in [0.05, 0.1) is 0 Å². The van der Waals surface area contributed by atoms with E-state index in [1.807, 2.05) is 6.92 Å². The minimum Gasteiger partial charge on any atom is -0.507 e. The third-order valence-electron chi connectivity index (χ3n) is 2.30. The molecule has 0 saturated carbocycles. The molecule has 0 radical (unpaired) electrons. The number of aromatic carboxylic acids is 1. The van der Waals surface area contributed by atoms with Gasteiger partial charge >= 0.3 is 5.97 Å². The van der Waals surface area contributed by atoms with E-state index in [-0.39, 0.29) is 11.3 Å². The second-order valence-corrected chi connectivity index (χ2v) is 4.88. The highest BCUT2D eigenvalue weighted by molar-refractivity contribution is 9.10. The average Bonchev–Trinajstić information content (AvgIpc) is 2.19. The van der Waals surface area contributed by atoms with Gasteiger partial charge in [0.25, 0.3) is 0 Å². The van der Waals surface area contributed by atoms with E-state index in [2.05, 4.69) is 22.5 Å². The number of carbonyl (C=O) groups is 1. The van der Waals surface area contributed by atoms with Gasteiger partial charge in [0.1, 0.15) is 11.3 Å². The van der Waals surface area contributed by atoms with Gasteiger partial charge < -0.3 is 15.9 Å². The van der Waals surface area contributed by atoms with Crippen molar-refractivity contribution in [2.24, 2.45) is 5.73 Å². The van der Waals surface area contributed by atoms with Gasteiger partial charge in [-0.05, 0) is 25.5 Å². The lowest BCUT2D eigenvalue weighted by Crippen LogP contribution is -2.12. The Labute approximate surface area is 108 Å². The summed E-state index contributed by atoms with van der Waals surface area (Å²) >= 11 is 3.20. The van der Waals surface area contributed by atoms with Crippen LogP contribution in [0.3, 0.4) is 0 Å². The number of rotatable bonds is 4. The zero-order chi connectivity index (χ0) is 13.2. The second-order valence-electron chi connectivity index (χ2n) is 3.96. The third-order valence-corrected chi connectivity index (χ3v) is 2.76. The Kier molecular flexibility index (Phi) is 4.31. The highest BCUT2D eigenvalue weighted by atomic mass is 79.9. The van der Waals surface area contributed by atoms with Crippen LogP contribution >= 0.6 is 15.9 Å². The van der Waals surface area contributed by atoms with Crippen LogP contribution in [0.15, 0.2) is 28.8 Å². The maximum Gasteiger partial charge on any atom is 0.339 e. The Morgan fingerprint density at radius 1 is 1.59 bits per heavy atom. The van der Waals surface area contributed by atoms with Crippen molar-refractivity contribution in [3.05, 3.63) is 39.9 Å². The summed E-state index contributed by atoms with van der Waals surface area (Å²) in [4.78, 5) is 10.9. The number of phenols is 1. The summed E-state index contributed by atoms with van der Waals surface area (Å²) in [6.07, 6.45) is 0.489. The van der Waals surface area contributed by atoms with E-state index in [1.165, 1.54) is 6.07 Å². The zero-order valence-electron chi connectivity index (χ0n) is 9.40. The fourth-order valence-electron chi connectivity index (χ4n) is 1.55. The lowest BCUT2D eigenvalue weighted by atomic mass is 9.98. The number of hydrogen-bond donors (Lipinski definition) is 3. The van der Waals surface area contributed by atoms with Crippen LogP contribution in [0.5, 0.6) is 5.75 Å². The Morgan fingerprint density at radius 3 is 2.65 bits per heavy atom. The van der Waals surface area contributed by atoms with Gasteiger partial charge in [0, 0.05) is 16.1 Å². The van der Waals surface area contributed by atoms with Crippen LogP contribution in [0.25, 0.3) is 0 Å². The van der Waals surface area contributed by atoms with Crippen molar-refractivity contribution in [1.82, 2.24) is 0 Å². The molecule has 0 fully saturated rings. The molecule has 1 rings (SSSR count). The van der Waals surface area contributed by atoms with E-state index in [0.29, 0.717) is 16.5 Å². The smallest absolute Gasteiger partial charge is 0.339 e. The molecule has 1 atom stereocenters. The van der Waals surface area contributed by atoms with E-state index in [0.717, 1.165) is 5.57 Å². The monoisotopic (exact) mass is 299 g/mol. The van der Waals surface area contributed by atoms with E-state index in [9.17, 15) is 9.90 Å². The van der Waals surface area contributed by atoms with Gasteiger partial charge in [-0.2, -0.15) is 0 Å². The molecule has 4 N–H and O–H groups in total. The molecular weight excluding hydrogens is 286 g/mol. The first-order valence-corrected chi connectivity index (χ1v) is 5.78. The molecule has 92 valence electrons. The maximum absolute atomic E-state index is 10.9. The fraction of sp³-hybridized carbons (Fsp3) is 0.250. The minimum absolute atomic E-state index is 0.161. The van der Waals surface area contributed by atoms with E-state index in [4.69, 9.17) is 10.8 Å². The Bertz CT molecular complexity index is 471. The van der Waals surface area contributed by atoms with Crippen molar-refractivity contribution in [2.75, 3.05) is 0 Å². The standard InChI is InChI=1S/C12H14BrNO3/c1-6(2)3-10(14)8-4-7(13)5-9(11(8)15)12(16)17/h4-5,10,15H,1,3,14H2,2H3,(H,16,17)/t10-/m0/s1. The third kappa shape index (κ3) is 3.31. The highest BCUT2D eigenvalue weighted by Crippen LogP contribution is 2.33. The molecule has 5 heteroatoms. The lowest BCUT2D eigenvalue weighted by Gasteiger charge is -2.15. The molecule has 4 nitrogen and oxygen atoms in total. The number of benzene rings is 1. The van der Waals surface area contributed by atoms with Crippen LogP contribution in [-0.4, -0.2) is 16.2 Å². The lowest BCUT2D eigenvalue weighted by molar-refractivity contribution is 0.0693. The average molecular weight is 300 g/mol. The zero-order valence-corrected chi connectivity index (χ0v) is 11.0. The fourth-order valence-corrected chi connectivity index (χ4v) is 2.03. The van der Waals surface area contributed by atoms with Crippen LogP contribution in [0.2, 0.25) is 0 Å². The summed E-state index contributed by atoms with van der Waals surface area (Å²) in [6.45, 7) is 5.57. The van der Waals surface area contributed by atoms with E-state index in [1.54, 1.807) is 6.07 Å². The number of hydrogen-bond acceptors (Lipinski definition) is 3. The van der Waals surface area contributed by atoms with Crippen molar-refractivity contribution in [2.45, 2.75) is 19.4 Å². The van der Waals surface area contributed by atoms with Gasteiger partial charge in [0.15, 0.2) is 0 Å². The molecule has 0 heterocycles. The normalized spacial score (nSPS) is 12.2. The highest BCUT2D eigenvalue weighted by Gasteiger charge is 2.19. The van der Waals surface area contributed by atoms with Gasteiger partial charge in [-0.3, -0.25) is 0 Å². The molecule has 0 saturated heterocycles. The molecule has 0 aromatic heterocycles. The summed E-state index contributed by atoms with van der Waals surface area (Å²) < 4.78 is 0.569. The van der Waals surface area contributed by atoms with Crippen molar-refractivity contribution in [3.8, 4) is 5.75 Å². The SMILES string of the molecule is C=C(C)C[C@H](N)c1cc(Br)cc(C(=O)O)c1O. The van der Waals surface area contributed by atoms with Crippen molar-refractivity contribution in [1.29, 1.82) is 0 Å². The first-order chi connectivity index (χ1) is 7.82. The molecule has 0 aliphatic carbocycles. The van der Waals surface area contributed by atoms with Crippen molar-refractivity contribution >= 4 is 21.9 Å². The number of halogens is 1. The summed E-state index contributed by atoms with van der Waals surface area (Å²) in [7, 11) is 0. The van der Waals surface area contributed by atoms with Gasteiger partial charge in [-0.15, -0.1) is 6.58 Å². The Balaban J connectivity index is 3.24. The van der Waals surface area contributed by atoms with Crippen LogP contribution in [-0.2, 0) is 0 Å². The van der Waals surface area contributed by atoms with Crippen LogP contribution in [0.1, 0.15) is 35.3 Å². The Hall–Kier alpha value is -1.33. The minimum atomic E-state index is -1.19. The largest absolute Gasteiger partial charge is 0.507 e. The quantitative estimate of drug-likeness (QED) is 0.747. The van der Waals surface area contributed by atoms with Crippen LogP contribution in [0, 0.1) is 0 Å². The molecule has 1 aromatic carbocycles. The molecule has 17 heavy (non-hydrogen) atoms. The molecule has 0 aliphatic heterocycles. The molecular formula is C12H14BrNO3. The predicted octanol–water partition coefficient (Wildman–Crippen LogP) is 2.82. The number of aromatic hydroxyl groups is 1. The first-order valence-electron chi connectivity index (χ1n) is 4.98. The van der Waals surface area contributed by atoms with Gasteiger partial charge in [-0.1, -0.05) is 21.5 Å². The van der Waals surface area contributed by atoms with Crippen molar-refractivity contribution in [3.63, 3.8) is 0 Å². The topological polar surface area (TPSA) is 83.6 Å². The molecule has 1 aromatic rings. The van der Waals surface area contributed by atoms with Crippen LogP contribution < -0.4 is 5.73 Å². The summed E-state index contributed by atoms with van der Waals surface area (Å²) in [5.41, 5.74) is 7.01. The van der Waals surface area contributed by atoms with E-state index >= 15 is 0 Å². The van der Waals surface area contributed by atoms with Gasteiger partial charge in [0.2, 0.25) is 0 Å². The maximum atomic E-state index is 10.9. The predicted molar refractivity (Wildman–Crippen MR) is 69.1 cm³/mol. The number of carboxylic acids is 1. The number of nitrogens with two attached hydrogens (primary N) is 1.